The van der Waals surface area contributed by atoms with Gasteiger partial charge in [0.1, 0.15) is 18.1 Å². The van der Waals surface area contributed by atoms with Crippen LogP contribution in [0.1, 0.15) is 40.2 Å². The molecule has 114 valence electrons. The van der Waals surface area contributed by atoms with Gasteiger partial charge in [-0.25, -0.2) is 0 Å². The molecule has 0 unspecified atom stereocenters. The van der Waals surface area contributed by atoms with E-state index in [-0.39, 0.29) is 12.1 Å². The summed E-state index contributed by atoms with van der Waals surface area (Å²) < 4.78 is 11.0. The summed E-state index contributed by atoms with van der Waals surface area (Å²) in [5.74, 6) is 1.57. The third kappa shape index (κ3) is 6.26. The van der Waals surface area contributed by atoms with Gasteiger partial charge in [0.15, 0.2) is 0 Å². The third-order valence-electron chi connectivity index (χ3n) is 2.66. The highest BCUT2D eigenvalue weighted by Gasteiger charge is 2.16. The van der Waals surface area contributed by atoms with Gasteiger partial charge in [-0.2, -0.15) is 0 Å². The standard InChI is InChI=1S/C16H27NO3/c1-15(2,3)17-10-12-9-13(19-6)7-8-14(12)20-11-16(4,5)18/h7-9,17-18H,10-11H2,1-6H3. The number of benzene rings is 1. The highest BCUT2D eigenvalue weighted by molar-refractivity contribution is 5.40. The van der Waals surface area contributed by atoms with Crippen LogP contribution in [-0.4, -0.2) is 30.0 Å². The number of aliphatic hydroxyl groups is 1. The molecule has 2 N–H and O–H groups in total. The minimum Gasteiger partial charge on any atom is -0.497 e. The molecule has 4 nitrogen and oxygen atoms in total. The van der Waals surface area contributed by atoms with Crippen molar-refractivity contribution in [3.8, 4) is 11.5 Å². The van der Waals surface area contributed by atoms with Gasteiger partial charge >= 0.3 is 0 Å². The van der Waals surface area contributed by atoms with Crippen molar-refractivity contribution in [2.24, 2.45) is 0 Å². The average Bonchev–Trinajstić information content (AvgIpc) is 2.32. The Balaban J connectivity index is 2.86. The maximum atomic E-state index is 9.76. The second kappa shape index (κ2) is 6.46. The van der Waals surface area contributed by atoms with Crippen LogP contribution in [0.5, 0.6) is 11.5 Å². The van der Waals surface area contributed by atoms with E-state index in [9.17, 15) is 5.11 Å². The number of rotatable bonds is 6. The van der Waals surface area contributed by atoms with Crippen molar-refractivity contribution in [1.82, 2.24) is 5.32 Å². The molecule has 0 bridgehead atoms. The van der Waals surface area contributed by atoms with Crippen LogP contribution in [0.25, 0.3) is 0 Å². The summed E-state index contributed by atoms with van der Waals surface area (Å²) in [5, 5.41) is 13.2. The normalized spacial score (nSPS) is 12.3. The van der Waals surface area contributed by atoms with Crippen molar-refractivity contribution in [2.75, 3.05) is 13.7 Å². The molecular weight excluding hydrogens is 254 g/mol. The van der Waals surface area contributed by atoms with Crippen LogP contribution in [0.4, 0.5) is 0 Å². The van der Waals surface area contributed by atoms with Gasteiger partial charge in [-0.1, -0.05) is 0 Å². The Morgan fingerprint density at radius 1 is 1.15 bits per heavy atom. The lowest BCUT2D eigenvalue weighted by atomic mass is 10.1. The Bertz CT molecular complexity index is 430. The van der Waals surface area contributed by atoms with Gasteiger partial charge in [0.05, 0.1) is 12.7 Å². The molecule has 0 spiro atoms. The maximum Gasteiger partial charge on any atom is 0.124 e. The van der Waals surface area contributed by atoms with Gasteiger partial charge in [-0.3, -0.25) is 0 Å². The predicted octanol–water partition coefficient (Wildman–Crippen LogP) is 2.73. The summed E-state index contributed by atoms with van der Waals surface area (Å²) in [7, 11) is 1.65. The van der Waals surface area contributed by atoms with E-state index in [0.717, 1.165) is 17.1 Å². The van der Waals surface area contributed by atoms with E-state index in [1.54, 1.807) is 21.0 Å². The van der Waals surface area contributed by atoms with E-state index in [2.05, 4.69) is 26.1 Å². The number of hydrogen-bond donors (Lipinski definition) is 2. The van der Waals surface area contributed by atoms with Gasteiger partial charge in [0, 0.05) is 17.6 Å². The van der Waals surface area contributed by atoms with Crippen LogP contribution in [0.15, 0.2) is 18.2 Å². The average molecular weight is 281 g/mol. The first-order valence-electron chi connectivity index (χ1n) is 6.88. The summed E-state index contributed by atoms with van der Waals surface area (Å²) in [5.41, 5.74) is 0.189. The summed E-state index contributed by atoms with van der Waals surface area (Å²) in [4.78, 5) is 0. The molecule has 0 aromatic heterocycles. The Labute approximate surface area is 122 Å². The molecule has 0 amide bonds. The van der Waals surface area contributed by atoms with E-state index in [0.29, 0.717) is 6.54 Å². The Morgan fingerprint density at radius 3 is 2.30 bits per heavy atom. The second-order valence-electron chi connectivity index (χ2n) is 6.68. The van der Waals surface area contributed by atoms with Crippen molar-refractivity contribution in [3.63, 3.8) is 0 Å². The Kier molecular flexibility index (Phi) is 5.42. The minimum absolute atomic E-state index is 0.0244. The summed E-state index contributed by atoms with van der Waals surface area (Å²) in [6.07, 6.45) is 0. The second-order valence-corrected chi connectivity index (χ2v) is 6.68. The first-order valence-corrected chi connectivity index (χ1v) is 6.88. The lowest BCUT2D eigenvalue weighted by Crippen LogP contribution is -2.35. The zero-order valence-corrected chi connectivity index (χ0v) is 13.4. The minimum atomic E-state index is -0.853. The maximum absolute atomic E-state index is 9.76. The number of ether oxygens (including phenoxy) is 2. The number of nitrogens with one attached hydrogen (secondary N) is 1. The zero-order valence-electron chi connectivity index (χ0n) is 13.4. The lowest BCUT2D eigenvalue weighted by molar-refractivity contribution is 0.0281. The molecule has 20 heavy (non-hydrogen) atoms. The van der Waals surface area contributed by atoms with Crippen LogP contribution < -0.4 is 14.8 Å². The molecule has 0 saturated heterocycles. The molecule has 0 aliphatic heterocycles. The van der Waals surface area contributed by atoms with Crippen molar-refractivity contribution < 1.29 is 14.6 Å². The van der Waals surface area contributed by atoms with Crippen LogP contribution in [0.3, 0.4) is 0 Å². The summed E-state index contributed by atoms with van der Waals surface area (Å²) in [6, 6.07) is 5.70. The molecule has 1 aromatic carbocycles. The van der Waals surface area contributed by atoms with Gasteiger partial charge in [-0.15, -0.1) is 0 Å². The van der Waals surface area contributed by atoms with E-state index < -0.39 is 5.60 Å². The molecule has 0 saturated carbocycles. The number of hydrogen-bond acceptors (Lipinski definition) is 4. The van der Waals surface area contributed by atoms with Crippen LogP contribution >= 0.6 is 0 Å². The fraction of sp³-hybridized carbons (Fsp3) is 0.625. The van der Waals surface area contributed by atoms with E-state index in [1.165, 1.54) is 0 Å². The summed E-state index contributed by atoms with van der Waals surface area (Å²) >= 11 is 0. The van der Waals surface area contributed by atoms with Gasteiger partial charge in [0.2, 0.25) is 0 Å². The van der Waals surface area contributed by atoms with Crippen molar-refractivity contribution in [2.45, 2.75) is 52.3 Å². The van der Waals surface area contributed by atoms with Crippen LogP contribution in [0, 0.1) is 0 Å². The van der Waals surface area contributed by atoms with E-state index >= 15 is 0 Å². The molecule has 0 radical (unpaired) electrons. The SMILES string of the molecule is COc1ccc(OCC(C)(C)O)c(CNC(C)(C)C)c1. The van der Waals surface area contributed by atoms with Gasteiger partial charge in [-0.05, 0) is 52.8 Å². The lowest BCUT2D eigenvalue weighted by Gasteiger charge is -2.23. The first kappa shape index (κ1) is 16.8. The quantitative estimate of drug-likeness (QED) is 0.842. The molecule has 4 heteroatoms. The topological polar surface area (TPSA) is 50.7 Å². The molecule has 0 heterocycles. The Morgan fingerprint density at radius 2 is 1.80 bits per heavy atom. The third-order valence-corrected chi connectivity index (χ3v) is 2.66. The predicted molar refractivity (Wildman–Crippen MR) is 81.4 cm³/mol. The van der Waals surface area contributed by atoms with Crippen molar-refractivity contribution in [3.05, 3.63) is 23.8 Å². The molecule has 1 aromatic rings. The highest BCUT2D eigenvalue weighted by atomic mass is 16.5. The van der Waals surface area contributed by atoms with Crippen LogP contribution in [-0.2, 0) is 6.54 Å². The molecular formula is C16H27NO3. The van der Waals surface area contributed by atoms with Crippen LogP contribution in [0.2, 0.25) is 0 Å². The van der Waals surface area contributed by atoms with E-state index in [4.69, 9.17) is 9.47 Å². The van der Waals surface area contributed by atoms with E-state index in [1.807, 2.05) is 18.2 Å². The molecule has 0 aliphatic carbocycles. The molecule has 1 rings (SSSR count). The zero-order chi connectivity index (χ0) is 15.4. The highest BCUT2D eigenvalue weighted by Crippen LogP contribution is 2.25. The molecule has 0 aliphatic rings. The molecule has 0 atom stereocenters. The summed E-state index contributed by atoms with van der Waals surface area (Å²) in [6.45, 7) is 10.7. The fourth-order valence-corrected chi connectivity index (χ4v) is 1.58. The van der Waals surface area contributed by atoms with Gasteiger partial charge < -0.3 is 19.9 Å². The van der Waals surface area contributed by atoms with Gasteiger partial charge in [0.25, 0.3) is 0 Å². The smallest absolute Gasteiger partial charge is 0.124 e. The largest absolute Gasteiger partial charge is 0.497 e. The monoisotopic (exact) mass is 281 g/mol. The molecule has 0 fully saturated rings. The number of methoxy groups -OCH3 is 1. The Hall–Kier alpha value is -1.26. The first-order chi connectivity index (χ1) is 9.11. The van der Waals surface area contributed by atoms with Crippen molar-refractivity contribution in [1.29, 1.82) is 0 Å². The fourth-order valence-electron chi connectivity index (χ4n) is 1.58. The van der Waals surface area contributed by atoms with Crippen molar-refractivity contribution >= 4 is 0 Å².